The molecule has 2 rings (SSSR count). The predicted molar refractivity (Wildman–Crippen MR) is 86.9 cm³/mol. The number of benzene rings is 1. The van der Waals surface area contributed by atoms with E-state index < -0.39 is 0 Å². The Kier molecular flexibility index (Phi) is 6.06. The highest BCUT2D eigenvalue weighted by Crippen LogP contribution is 2.29. The Labute approximate surface area is 124 Å². The maximum atomic E-state index is 3.50. The molecule has 0 amide bonds. The van der Waals surface area contributed by atoms with Crippen molar-refractivity contribution in [2.75, 3.05) is 26.7 Å². The molecule has 1 aliphatic carbocycles. The summed E-state index contributed by atoms with van der Waals surface area (Å²) in [5, 5.41) is 3.50. The number of rotatable bonds is 9. The molecule has 1 fully saturated rings. The number of hydrogen-bond donors (Lipinski definition) is 1. The van der Waals surface area contributed by atoms with Crippen molar-refractivity contribution in [3.05, 3.63) is 35.4 Å². The van der Waals surface area contributed by atoms with Crippen LogP contribution in [0, 0.1) is 11.8 Å². The molecule has 0 heterocycles. The summed E-state index contributed by atoms with van der Waals surface area (Å²) >= 11 is 0. The highest BCUT2D eigenvalue weighted by atomic mass is 15.1. The highest BCUT2D eigenvalue weighted by molar-refractivity contribution is 5.22. The van der Waals surface area contributed by atoms with Crippen LogP contribution in [0.2, 0.25) is 0 Å². The van der Waals surface area contributed by atoms with E-state index in [1.54, 1.807) is 0 Å². The van der Waals surface area contributed by atoms with Gasteiger partial charge in [-0.15, -0.1) is 0 Å². The first-order chi connectivity index (χ1) is 9.63. The van der Waals surface area contributed by atoms with Gasteiger partial charge in [0.2, 0.25) is 0 Å². The van der Waals surface area contributed by atoms with E-state index in [1.165, 1.54) is 30.5 Å². The van der Waals surface area contributed by atoms with Gasteiger partial charge < -0.3 is 10.2 Å². The molecule has 1 aromatic carbocycles. The zero-order valence-corrected chi connectivity index (χ0v) is 13.4. The number of hydrogen-bond acceptors (Lipinski definition) is 2. The van der Waals surface area contributed by atoms with Crippen molar-refractivity contribution in [1.82, 2.24) is 10.2 Å². The Hall–Kier alpha value is -0.860. The zero-order chi connectivity index (χ0) is 14.4. The molecule has 0 spiro atoms. The Morgan fingerprint density at radius 3 is 2.40 bits per heavy atom. The van der Waals surface area contributed by atoms with Gasteiger partial charge in [-0.25, -0.2) is 0 Å². The Morgan fingerprint density at radius 2 is 1.80 bits per heavy atom. The maximum absolute atomic E-state index is 3.50. The predicted octanol–water partition coefficient (Wildman–Crippen LogP) is 3.32. The van der Waals surface area contributed by atoms with Crippen LogP contribution in [-0.2, 0) is 13.0 Å². The van der Waals surface area contributed by atoms with Crippen LogP contribution in [0.15, 0.2) is 24.3 Å². The molecule has 0 saturated heterocycles. The van der Waals surface area contributed by atoms with Crippen LogP contribution in [0.4, 0.5) is 0 Å². The van der Waals surface area contributed by atoms with Gasteiger partial charge in [0.05, 0.1) is 0 Å². The van der Waals surface area contributed by atoms with Gasteiger partial charge in [0, 0.05) is 13.1 Å². The largest absolute Gasteiger partial charge is 0.316 e. The molecule has 2 nitrogen and oxygen atoms in total. The minimum absolute atomic E-state index is 0.736. The lowest BCUT2D eigenvalue weighted by atomic mass is 10.1. The molecule has 112 valence electrons. The molecule has 2 heteroatoms. The van der Waals surface area contributed by atoms with Crippen molar-refractivity contribution in [3.63, 3.8) is 0 Å². The normalized spacial score (nSPS) is 15.2. The molecule has 0 aromatic heterocycles. The van der Waals surface area contributed by atoms with E-state index in [1.807, 2.05) is 0 Å². The molecule has 1 N–H and O–H groups in total. The maximum Gasteiger partial charge on any atom is 0.0230 e. The molecule has 0 bridgehead atoms. The minimum atomic E-state index is 0.736. The Bertz CT molecular complexity index is 379. The first kappa shape index (κ1) is 15.5. The SMILES string of the molecule is CC(C)CNCCc1ccc(CN(C)CC2CC2)cc1. The summed E-state index contributed by atoms with van der Waals surface area (Å²) in [5.41, 5.74) is 2.88. The van der Waals surface area contributed by atoms with E-state index in [2.05, 4.69) is 55.4 Å². The van der Waals surface area contributed by atoms with Gasteiger partial charge in [0.25, 0.3) is 0 Å². The summed E-state index contributed by atoms with van der Waals surface area (Å²) < 4.78 is 0. The van der Waals surface area contributed by atoms with E-state index >= 15 is 0 Å². The molecule has 20 heavy (non-hydrogen) atoms. The number of nitrogens with zero attached hydrogens (tertiary/aromatic N) is 1. The molecular formula is C18H30N2. The smallest absolute Gasteiger partial charge is 0.0230 e. The molecule has 0 atom stereocenters. The topological polar surface area (TPSA) is 15.3 Å². The van der Waals surface area contributed by atoms with Gasteiger partial charge in [0.15, 0.2) is 0 Å². The fraction of sp³-hybridized carbons (Fsp3) is 0.667. The van der Waals surface area contributed by atoms with Gasteiger partial charge in [0.1, 0.15) is 0 Å². The minimum Gasteiger partial charge on any atom is -0.316 e. The molecule has 1 aliphatic rings. The summed E-state index contributed by atoms with van der Waals surface area (Å²) in [6, 6.07) is 9.16. The van der Waals surface area contributed by atoms with Crippen molar-refractivity contribution in [2.24, 2.45) is 11.8 Å². The third-order valence-electron chi connectivity index (χ3n) is 3.89. The average molecular weight is 274 g/mol. The lowest BCUT2D eigenvalue weighted by Crippen LogP contribution is -2.22. The van der Waals surface area contributed by atoms with Crippen LogP contribution >= 0.6 is 0 Å². The lowest BCUT2D eigenvalue weighted by Gasteiger charge is -2.16. The highest BCUT2D eigenvalue weighted by Gasteiger charge is 2.22. The van der Waals surface area contributed by atoms with Crippen molar-refractivity contribution in [3.8, 4) is 0 Å². The van der Waals surface area contributed by atoms with Gasteiger partial charge in [-0.1, -0.05) is 38.1 Å². The van der Waals surface area contributed by atoms with E-state index in [0.29, 0.717) is 0 Å². The van der Waals surface area contributed by atoms with Crippen LogP contribution in [0.25, 0.3) is 0 Å². The standard InChI is InChI=1S/C18H30N2/c1-15(2)12-19-11-10-16-4-6-17(7-5-16)13-20(3)14-18-8-9-18/h4-7,15,18-19H,8-14H2,1-3H3. The van der Waals surface area contributed by atoms with Crippen molar-refractivity contribution in [2.45, 2.75) is 39.7 Å². The van der Waals surface area contributed by atoms with Crippen molar-refractivity contribution >= 4 is 0 Å². The summed E-state index contributed by atoms with van der Waals surface area (Å²) in [6.45, 7) is 9.05. The van der Waals surface area contributed by atoms with Gasteiger partial charge >= 0.3 is 0 Å². The average Bonchev–Trinajstić information content (AvgIpc) is 3.20. The molecule has 1 aromatic rings. The monoisotopic (exact) mass is 274 g/mol. The van der Waals surface area contributed by atoms with Gasteiger partial charge in [-0.3, -0.25) is 0 Å². The molecule has 0 radical (unpaired) electrons. The fourth-order valence-corrected chi connectivity index (χ4v) is 2.55. The summed E-state index contributed by atoms with van der Waals surface area (Å²) in [6.07, 6.45) is 4.00. The van der Waals surface area contributed by atoms with Gasteiger partial charge in [-0.2, -0.15) is 0 Å². The molecule has 0 aliphatic heterocycles. The van der Waals surface area contributed by atoms with Crippen molar-refractivity contribution in [1.29, 1.82) is 0 Å². The lowest BCUT2D eigenvalue weighted by molar-refractivity contribution is 0.313. The van der Waals surface area contributed by atoms with Crippen LogP contribution in [0.3, 0.4) is 0 Å². The molecule has 1 saturated carbocycles. The van der Waals surface area contributed by atoms with E-state index in [-0.39, 0.29) is 0 Å². The van der Waals surface area contributed by atoms with Crippen LogP contribution in [-0.4, -0.2) is 31.6 Å². The Balaban J connectivity index is 1.68. The molecular weight excluding hydrogens is 244 g/mol. The summed E-state index contributed by atoms with van der Waals surface area (Å²) in [7, 11) is 2.24. The fourth-order valence-electron chi connectivity index (χ4n) is 2.55. The second kappa shape index (κ2) is 7.80. The first-order valence-electron chi connectivity index (χ1n) is 8.10. The van der Waals surface area contributed by atoms with Crippen LogP contribution in [0.5, 0.6) is 0 Å². The quantitative estimate of drug-likeness (QED) is 0.695. The second-order valence-corrected chi connectivity index (χ2v) is 6.80. The second-order valence-electron chi connectivity index (χ2n) is 6.80. The van der Waals surface area contributed by atoms with E-state index in [0.717, 1.165) is 37.9 Å². The van der Waals surface area contributed by atoms with Gasteiger partial charge in [-0.05, 0) is 62.4 Å². The summed E-state index contributed by atoms with van der Waals surface area (Å²) in [4.78, 5) is 2.46. The van der Waals surface area contributed by atoms with Crippen LogP contribution < -0.4 is 5.32 Å². The first-order valence-corrected chi connectivity index (χ1v) is 8.10. The van der Waals surface area contributed by atoms with E-state index in [9.17, 15) is 0 Å². The number of nitrogens with one attached hydrogen (secondary N) is 1. The van der Waals surface area contributed by atoms with Crippen LogP contribution in [0.1, 0.15) is 37.8 Å². The zero-order valence-electron chi connectivity index (χ0n) is 13.4. The molecule has 0 unspecified atom stereocenters. The Morgan fingerprint density at radius 1 is 1.15 bits per heavy atom. The third-order valence-corrected chi connectivity index (χ3v) is 3.89. The summed E-state index contributed by atoms with van der Waals surface area (Å²) in [5.74, 6) is 1.71. The third kappa shape index (κ3) is 6.06. The van der Waals surface area contributed by atoms with E-state index in [4.69, 9.17) is 0 Å². The van der Waals surface area contributed by atoms with Crippen molar-refractivity contribution < 1.29 is 0 Å².